The molecule has 1 aromatic carbocycles. The topological polar surface area (TPSA) is 71.2 Å². The largest absolute Gasteiger partial charge is 0.369 e. The molecule has 1 saturated heterocycles. The first-order valence-corrected chi connectivity index (χ1v) is 9.82. The van der Waals surface area contributed by atoms with Crippen molar-refractivity contribution < 1.29 is 0 Å². The highest BCUT2D eigenvalue weighted by molar-refractivity contribution is 5.75. The monoisotopic (exact) mass is 393 g/mol. The second kappa shape index (κ2) is 7.71. The van der Waals surface area contributed by atoms with Gasteiger partial charge >= 0.3 is 0 Å². The van der Waals surface area contributed by atoms with E-state index in [1.54, 1.807) is 21.6 Å². The normalized spacial score (nSPS) is 15.1. The summed E-state index contributed by atoms with van der Waals surface area (Å²) in [5.41, 5.74) is 3.89. The number of nitrogens with zero attached hydrogens (tertiary/aromatic N) is 6. The molecule has 4 rings (SSSR count). The number of hydrogen-bond donors (Lipinski definition) is 1. The van der Waals surface area contributed by atoms with Crippen molar-refractivity contribution in [3.05, 3.63) is 53.0 Å². The number of hydrogen-bond acceptors (Lipinski definition) is 6. The van der Waals surface area contributed by atoms with Crippen molar-refractivity contribution in [2.45, 2.75) is 13.5 Å². The third-order valence-corrected chi connectivity index (χ3v) is 5.50. The lowest BCUT2D eigenvalue weighted by Crippen LogP contribution is -2.44. The van der Waals surface area contributed by atoms with E-state index in [4.69, 9.17) is 0 Å². The van der Waals surface area contributed by atoms with Gasteiger partial charge < -0.3 is 15.1 Å². The number of fused-ring (bicyclic) bond motifs is 1. The first-order chi connectivity index (χ1) is 14.0. The molecule has 0 radical (unpaired) electrons. The minimum atomic E-state index is -0.110. The molecule has 2 aromatic heterocycles. The van der Waals surface area contributed by atoms with Gasteiger partial charge in [0.1, 0.15) is 5.39 Å². The second-order valence-electron chi connectivity index (χ2n) is 7.55. The predicted molar refractivity (Wildman–Crippen MR) is 117 cm³/mol. The predicted octanol–water partition coefficient (Wildman–Crippen LogP) is 2.12. The lowest BCUT2D eigenvalue weighted by molar-refractivity contribution is 0.312. The van der Waals surface area contributed by atoms with Gasteiger partial charge in [0.25, 0.3) is 5.56 Å². The number of benzene rings is 1. The molecule has 0 spiro atoms. The van der Waals surface area contributed by atoms with Gasteiger partial charge in [-0.25, -0.2) is 9.67 Å². The van der Waals surface area contributed by atoms with Crippen LogP contribution in [-0.4, -0.2) is 57.5 Å². The maximum absolute atomic E-state index is 12.4. The van der Waals surface area contributed by atoms with Crippen LogP contribution < -0.4 is 15.8 Å². The summed E-state index contributed by atoms with van der Waals surface area (Å²) in [6.45, 7) is 10.5. The fourth-order valence-electron chi connectivity index (χ4n) is 3.81. The average molecular weight is 393 g/mol. The first-order valence-electron chi connectivity index (χ1n) is 9.82. The highest BCUT2D eigenvalue weighted by Gasteiger charge is 2.16. The van der Waals surface area contributed by atoms with Crippen LogP contribution in [0.15, 0.2) is 41.8 Å². The number of aryl methyl sites for hydroxylation is 2. The van der Waals surface area contributed by atoms with Crippen molar-refractivity contribution in [2.24, 2.45) is 7.05 Å². The maximum Gasteiger partial charge on any atom is 0.278 e. The molecule has 0 atom stereocenters. The van der Waals surface area contributed by atoms with Gasteiger partial charge in [-0.15, -0.1) is 6.58 Å². The van der Waals surface area contributed by atoms with Crippen LogP contribution in [0.25, 0.3) is 11.0 Å². The molecule has 1 N–H and O–H groups in total. The number of piperazine rings is 1. The summed E-state index contributed by atoms with van der Waals surface area (Å²) >= 11 is 0. The molecule has 152 valence electrons. The van der Waals surface area contributed by atoms with Crippen LogP contribution in [0.5, 0.6) is 0 Å². The van der Waals surface area contributed by atoms with Crippen molar-refractivity contribution in [1.82, 2.24) is 24.2 Å². The Labute approximate surface area is 170 Å². The molecule has 1 aliphatic heterocycles. The molecule has 1 aliphatic rings. The molecule has 0 bridgehead atoms. The van der Waals surface area contributed by atoms with Crippen LogP contribution in [0.3, 0.4) is 0 Å². The molecular weight excluding hydrogens is 366 g/mol. The van der Waals surface area contributed by atoms with Crippen molar-refractivity contribution in [1.29, 1.82) is 0 Å². The molecule has 8 nitrogen and oxygen atoms in total. The van der Waals surface area contributed by atoms with E-state index < -0.39 is 0 Å². The smallest absolute Gasteiger partial charge is 0.278 e. The Bertz CT molecular complexity index is 1110. The summed E-state index contributed by atoms with van der Waals surface area (Å²) in [6.07, 6.45) is 3.27. The first kappa shape index (κ1) is 19.2. The van der Waals surface area contributed by atoms with Crippen LogP contribution in [-0.2, 0) is 13.6 Å². The number of allylic oxidation sites excluding steroid dienone is 1. The SMILES string of the molecule is C=CCn1c(=O)c2cnc(Nc3ccc(N4CCN(C)CC4)c(C)c3)nc2n1C. The zero-order chi connectivity index (χ0) is 20.5. The van der Waals surface area contributed by atoms with Gasteiger partial charge in [-0.2, -0.15) is 4.98 Å². The second-order valence-corrected chi connectivity index (χ2v) is 7.55. The lowest BCUT2D eigenvalue weighted by Gasteiger charge is -2.35. The zero-order valence-electron chi connectivity index (χ0n) is 17.2. The Morgan fingerprint density at radius 3 is 2.66 bits per heavy atom. The molecule has 0 saturated carbocycles. The molecule has 0 aliphatic carbocycles. The van der Waals surface area contributed by atoms with Gasteiger partial charge in [0.2, 0.25) is 5.95 Å². The quantitative estimate of drug-likeness (QED) is 0.670. The van der Waals surface area contributed by atoms with Gasteiger partial charge in [-0.3, -0.25) is 9.48 Å². The van der Waals surface area contributed by atoms with E-state index >= 15 is 0 Å². The Morgan fingerprint density at radius 1 is 1.21 bits per heavy atom. The molecule has 3 aromatic rings. The van der Waals surface area contributed by atoms with Gasteiger partial charge in [-0.05, 0) is 37.7 Å². The lowest BCUT2D eigenvalue weighted by atomic mass is 10.1. The molecule has 0 amide bonds. The Balaban J connectivity index is 1.58. The number of likely N-dealkylation sites (N-methyl/N-ethyl adjacent to an activating group) is 1. The molecule has 29 heavy (non-hydrogen) atoms. The summed E-state index contributed by atoms with van der Waals surface area (Å²) in [6, 6.07) is 6.32. The summed E-state index contributed by atoms with van der Waals surface area (Å²) in [7, 11) is 3.98. The van der Waals surface area contributed by atoms with Gasteiger partial charge in [0, 0.05) is 50.8 Å². The Hall–Kier alpha value is -3.13. The summed E-state index contributed by atoms with van der Waals surface area (Å²) < 4.78 is 3.33. The molecule has 8 heteroatoms. The van der Waals surface area contributed by atoms with Crippen molar-refractivity contribution >= 4 is 28.4 Å². The highest BCUT2D eigenvalue weighted by atomic mass is 16.1. The highest BCUT2D eigenvalue weighted by Crippen LogP contribution is 2.26. The zero-order valence-corrected chi connectivity index (χ0v) is 17.2. The average Bonchev–Trinajstić information content (AvgIpc) is 2.94. The fourth-order valence-corrected chi connectivity index (χ4v) is 3.81. The van der Waals surface area contributed by atoms with Crippen LogP contribution in [0.4, 0.5) is 17.3 Å². The summed E-state index contributed by atoms with van der Waals surface area (Å²) in [5, 5.41) is 3.77. The van der Waals surface area contributed by atoms with Crippen LogP contribution in [0, 0.1) is 6.92 Å². The summed E-state index contributed by atoms with van der Waals surface area (Å²) in [4.78, 5) is 26.1. The van der Waals surface area contributed by atoms with Crippen molar-refractivity contribution in [2.75, 3.05) is 43.4 Å². The third-order valence-electron chi connectivity index (χ3n) is 5.50. The van der Waals surface area contributed by atoms with E-state index in [9.17, 15) is 4.79 Å². The van der Waals surface area contributed by atoms with Crippen LogP contribution >= 0.6 is 0 Å². The van der Waals surface area contributed by atoms with Crippen LogP contribution in [0.2, 0.25) is 0 Å². The fraction of sp³-hybridized carbons (Fsp3) is 0.381. The van der Waals surface area contributed by atoms with E-state index in [1.807, 2.05) is 7.05 Å². The minimum Gasteiger partial charge on any atom is -0.369 e. The molecule has 1 fully saturated rings. The van der Waals surface area contributed by atoms with E-state index in [2.05, 4.69) is 63.8 Å². The third kappa shape index (κ3) is 3.63. The summed E-state index contributed by atoms with van der Waals surface area (Å²) in [5.74, 6) is 0.468. The van der Waals surface area contributed by atoms with Gasteiger partial charge in [0.15, 0.2) is 5.65 Å². The van der Waals surface area contributed by atoms with E-state index in [0.29, 0.717) is 23.5 Å². The van der Waals surface area contributed by atoms with Crippen molar-refractivity contribution in [3.63, 3.8) is 0 Å². The van der Waals surface area contributed by atoms with Gasteiger partial charge in [0.05, 0.1) is 6.54 Å². The molecule has 0 unspecified atom stereocenters. The van der Waals surface area contributed by atoms with E-state index in [-0.39, 0.29) is 5.56 Å². The minimum absolute atomic E-state index is 0.110. The van der Waals surface area contributed by atoms with E-state index in [1.165, 1.54) is 11.3 Å². The number of nitrogens with one attached hydrogen (secondary N) is 1. The molecule has 3 heterocycles. The number of rotatable bonds is 5. The number of anilines is 3. The standard InChI is InChI=1S/C21H27N7O/c1-5-8-28-20(29)17-14-22-21(24-19(17)26(28)4)23-16-6-7-18(15(2)13-16)27-11-9-25(3)10-12-27/h5-7,13-14H,1,8-12H2,2-4H3,(H,22,23,24). The Kier molecular flexibility index (Phi) is 5.10. The van der Waals surface area contributed by atoms with Gasteiger partial charge in [-0.1, -0.05) is 6.08 Å². The molecular formula is C21H27N7O. The van der Waals surface area contributed by atoms with Crippen LogP contribution in [0.1, 0.15) is 5.56 Å². The Morgan fingerprint density at radius 2 is 1.97 bits per heavy atom. The maximum atomic E-state index is 12.4. The van der Waals surface area contributed by atoms with E-state index in [0.717, 1.165) is 31.9 Å². The number of aromatic nitrogens is 4. The van der Waals surface area contributed by atoms with Crippen molar-refractivity contribution in [3.8, 4) is 0 Å².